The normalized spacial score (nSPS) is 11.8. The maximum absolute atomic E-state index is 10.1. The van der Waals surface area contributed by atoms with Gasteiger partial charge in [-0.15, -0.1) is 0 Å². The van der Waals surface area contributed by atoms with E-state index in [4.69, 9.17) is 9.84 Å². The van der Waals surface area contributed by atoms with Crippen LogP contribution >= 0.6 is 0 Å². The van der Waals surface area contributed by atoms with Crippen molar-refractivity contribution in [3.63, 3.8) is 0 Å². The summed E-state index contributed by atoms with van der Waals surface area (Å²) in [7, 11) is 0. The molecule has 0 aliphatic heterocycles. The second-order valence-electron chi connectivity index (χ2n) is 6.50. The third kappa shape index (κ3) is 5.90. The molecule has 2 aromatic carbocycles. The van der Waals surface area contributed by atoms with Gasteiger partial charge in [-0.05, 0) is 17.5 Å². The van der Waals surface area contributed by atoms with Crippen LogP contribution in [0, 0.1) is 0 Å². The van der Waals surface area contributed by atoms with Crippen LogP contribution in [-0.4, -0.2) is 58.8 Å². The topological polar surface area (TPSA) is 73.2 Å². The van der Waals surface area contributed by atoms with E-state index in [1.807, 2.05) is 60.7 Å². The van der Waals surface area contributed by atoms with E-state index in [1.165, 1.54) is 0 Å². The van der Waals surface area contributed by atoms with Crippen LogP contribution in [0.4, 0.5) is 0 Å². The first-order valence-electron chi connectivity index (χ1n) is 8.97. The molecule has 0 amide bonds. The van der Waals surface area contributed by atoms with E-state index < -0.39 is 5.54 Å². The minimum atomic E-state index is -0.902. The molecule has 0 fully saturated rings. The van der Waals surface area contributed by atoms with E-state index in [0.717, 1.165) is 11.1 Å². The zero-order valence-corrected chi connectivity index (χ0v) is 15.1. The van der Waals surface area contributed by atoms with Crippen LogP contribution in [0.2, 0.25) is 0 Å². The maximum Gasteiger partial charge on any atom is 0.0914 e. The SMILES string of the molecule is OCCCOCC(CO)(CO)N(Cc1ccccc1)Cc1ccccc1. The Morgan fingerprint density at radius 2 is 1.27 bits per heavy atom. The van der Waals surface area contributed by atoms with Gasteiger partial charge in [-0.2, -0.15) is 0 Å². The monoisotopic (exact) mass is 359 g/mol. The van der Waals surface area contributed by atoms with Crippen LogP contribution in [0.5, 0.6) is 0 Å². The molecule has 0 atom stereocenters. The van der Waals surface area contributed by atoms with E-state index in [2.05, 4.69) is 4.90 Å². The molecule has 0 saturated heterocycles. The average Bonchev–Trinajstić information content (AvgIpc) is 2.70. The Kier molecular flexibility index (Phi) is 8.74. The van der Waals surface area contributed by atoms with Crippen LogP contribution in [0.15, 0.2) is 60.7 Å². The summed E-state index contributed by atoms with van der Waals surface area (Å²) >= 11 is 0. The standard InChI is InChI=1S/C21H29NO4/c23-12-7-13-26-18-21(16-24,17-25)22(14-19-8-3-1-4-9-19)15-20-10-5-2-6-11-20/h1-6,8-11,23-25H,7,12-18H2. The highest BCUT2D eigenvalue weighted by atomic mass is 16.5. The predicted molar refractivity (Wildman–Crippen MR) is 102 cm³/mol. The van der Waals surface area contributed by atoms with Gasteiger partial charge in [0.05, 0.1) is 25.4 Å². The van der Waals surface area contributed by atoms with Crippen LogP contribution in [-0.2, 0) is 17.8 Å². The molecule has 2 rings (SSSR count). The Hall–Kier alpha value is -1.76. The quantitative estimate of drug-likeness (QED) is 0.504. The van der Waals surface area contributed by atoms with Crippen molar-refractivity contribution >= 4 is 0 Å². The highest BCUT2D eigenvalue weighted by Crippen LogP contribution is 2.22. The molecule has 0 aliphatic rings. The van der Waals surface area contributed by atoms with Gasteiger partial charge in [0.2, 0.25) is 0 Å². The molecule has 5 heteroatoms. The number of aliphatic hydroxyl groups excluding tert-OH is 3. The van der Waals surface area contributed by atoms with Crippen LogP contribution in [0.3, 0.4) is 0 Å². The van der Waals surface area contributed by atoms with Crippen molar-refractivity contribution in [1.29, 1.82) is 0 Å². The number of rotatable bonds is 12. The number of nitrogens with zero attached hydrogens (tertiary/aromatic N) is 1. The lowest BCUT2D eigenvalue weighted by atomic mass is 9.98. The molecule has 0 unspecified atom stereocenters. The van der Waals surface area contributed by atoms with Crippen LogP contribution < -0.4 is 0 Å². The van der Waals surface area contributed by atoms with Gasteiger partial charge >= 0.3 is 0 Å². The average molecular weight is 359 g/mol. The number of hydrogen-bond acceptors (Lipinski definition) is 5. The molecule has 0 saturated carbocycles. The first kappa shape index (κ1) is 20.6. The largest absolute Gasteiger partial charge is 0.396 e. The third-order valence-corrected chi connectivity index (χ3v) is 4.51. The molecule has 142 valence electrons. The van der Waals surface area contributed by atoms with E-state index in [-0.39, 0.29) is 26.4 Å². The molecular formula is C21H29NO4. The molecular weight excluding hydrogens is 330 g/mol. The summed E-state index contributed by atoms with van der Waals surface area (Å²) in [5.74, 6) is 0. The molecule has 26 heavy (non-hydrogen) atoms. The van der Waals surface area contributed by atoms with Gasteiger partial charge in [-0.25, -0.2) is 0 Å². The summed E-state index contributed by atoms with van der Waals surface area (Å²) in [6, 6.07) is 20.0. The van der Waals surface area contributed by atoms with Gasteiger partial charge in [-0.3, -0.25) is 4.90 Å². The van der Waals surface area contributed by atoms with Crippen molar-refractivity contribution < 1.29 is 20.1 Å². The molecule has 5 nitrogen and oxygen atoms in total. The molecule has 3 N–H and O–H groups in total. The van der Waals surface area contributed by atoms with Crippen molar-refractivity contribution in [3.8, 4) is 0 Å². The minimum Gasteiger partial charge on any atom is -0.396 e. The summed E-state index contributed by atoms with van der Waals surface area (Å²) in [5, 5.41) is 29.2. The summed E-state index contributed by atoms with van der Waals surface area (Å²) < 4.78 is 5.66. The van der Waals surface area contributed by atoms with Gasteiger partial charge < -0.3 is 20.1 Å². The van der Waals surface area contributed by atoms with E-state index >= 15 is 0 Å². The number of benzene rings is 2. The lowest BCUT2D eigenvalue weighted by Crippen LogP contribution is -2.57. The summed E-state index contributed by atoms with van der Waals surface area (Å²) in [5.41, 5.74) is 1.30. The smallest absolute Gasteiger partial charge is 0.0914 e. The Balaban J connectivity index is 2.22. The second-order valence-corrected chi connectivity index (χ2v) is 6.50. The first-order chi connectivity index (χ1) is 12.7. The highest BCUT2D eigenvalue weighted by molar-refractivity contribution is 5.18. The molecule has 2 aromatic rings. The fourth-order valence-electron chi connectivity index (χ4n) is 2.86. The van der Waals surface area contributed by atoms with Crippen LogP contribution in [0.25, 0.3) is 0 Å². The molecule has 0 aliphatic carbocycles. The molecule has 0 heterocycles. The number of ether oxygens (including phenoxy) is 1. The van der Waals surface area contributed by atoms with Gasteiger partial charge in [0.1, 0.15) is 0 Å². The lowest BCUT2D eigenvalue weighted by Gasteiger charge is -2.41. The van der Waals surface area contributed by atoms with Crippen molar-refractivity contribution in [3.05, 3.63) is 71.8 Å². The number of aliphatic hydroxyl groups is 3. The summed E-state index contributed by atoms with van der Waals surface area (Å²) in [4.78, 5) is 2.07. The second kappa shape index (κ2) is 11.1. The Bertz CT molecular complexity index is 560. The summed E-state index contributed by atoms with van der Waals surface area (Å²) in [6.07, 6.45) is 0.532. The lowest BCUT2D eigenvalue weighted by molar-refractivity contribution is -0.0778. The van der Waals surface area contributed by atoms with E-state index in [0.29, 0.717) is 26.1 Å². The van der Waals surface area contributed by atoms with Crippen molar-refractivity contribution in [2.24, 2.45) is 0 Å². The number of hydrogen-bond donors (Lipinski definition) is 3. The zero-order chi connectivity index (χ0) is 18.7. The predicted octanol–water partition coefficient (Wildman–Crippen LogP) is 1.81. The molecule has 0 spiro atoms. The minimum absolute atomic E-state index is 0.0585. The van der Waals surface area contributed by atoms with Crippen LogP contribution in [0.1, 0.15) is 17.5 Å². The van der Waals surface area contributed by atoms with Crippen molar-refractivity contribution in [2.45, 2.75) is 25.0 Å². The maximum atomic E-state index is 10.1. The Morgan fingerprint density at radius 3 is 1.69 bits per heavy atom. The van der Waals surface area contributed by atoms with Gasteiger partial charge in [0, 0.05) is 26.3 Å². The van der Waals surface area contributed by atoms with E-state index in [1.54, 1.807) is 0 Å². The Labute approximate surface area is 155 Å². The van der Waals surface area contributed by atoms with Crippen molar-refractivity contribution in [2.75, 3.05) is 33.0 Å². The fraction of sp³-hybridized carbons (Fsp3) is 0.429. The fourth-order valence-corrected chi connectivity index (χ4v) is 2.86. The molecule has 0 aromatic heterocycles. The summed E-state index contributed by atoms with van der Waals surface area (Å²) in [6.45, 7) is 1.37. The van der Waals surface area contributed by atoms with Crippen molar-refractivity contribution in [1.82, 2.24) is 4.90 Å². The zero-order valence-electron chi connectivity index (χ0n) is 15.1. The van der Waals surface area contributed by atoms with Gasteiger partial charge in [0.15, 0.2) is 0 Å². The Morgan fingerprint density at radius 1 is 0.769 bits per heavy atom. The van der Waals surface area contributed by atoms with E-state index in [9.17, 15) is 10.2 Å². The molecule has 0 bridgehead atoms. The highest BCUT2D eigenvalue weighted by Gasteiger charge is 2.36. The molecule has 0 radical (unpaired) electrons. The third-order valence-electron chi connectivity index (χ3n) is 4.51. The van der Waals surface area contributed by atoms with Gasteiger partial charge in [-0.1, -0.05) is 60.7 Å². The van der Waals surface area contributed by atoms with Gasteiger partial charge in [0.25, 0.3) is 0 Å². The first-order valence-corrected chi connectivity index (χ1v) is 8.97.